The summed E-state index contributed by atoms with van der Waals surface area (Å²) in [6.45, 7) is 7.73. The fraction of sp³-hybridized carbons (Fsp3) is 0.435. The number of esters is 2. The van der Waals surface area contributed by atoms with Gasteiger partial charge in [-0.3, -0.25) is 4.98 Å². The quantitative estimate of drug-likeness (QED) is 0.0661. The molecule has 3 aliphatic rings. The summed E-state index contributed by atoms with van der Waals surface area (Å²) < 4.78 is 43.6. The van der Waals surface area contributed by atoms with Gasteiger partial charge in [-0.2, -0.15) is 0 Å². The Balaban J connectivity index is 0.803. The van der Waals surface area contributed by atoms with E-state index in [2.05, 4.69) is 58.7 Å². The van der Waals surface area contributed by atoms with Crippen molar-refractivity contribution >= 4 is 17.6 Å². The molecule has 7 rings (SSSR count). The molecule has 10 nitrogen and oxygen atoms in total. The largest absolute Gasteiger partial charge is 0.474 e. The number of alkyl halides is 1. The topological polar surface area (TPSA) is 109 Å². The first-order valence-corrected chi connectivity index (χ1v) is 20.0. The molecular weight excluding hydrogens is 726 g/mol. The molecule has 57 heavy (non-hydrogen) atoms. The summed E-state index contributed by atoms with van der Waals surface area (Å²) in [5.74, 6) is -0.114. The third kappa shape index (κ3) is 9.37. The molecule has 4 aromatic rings. The highest BCUT2D eigenvalue weighted by molar-refractivity contribution is 6.04. The van der Waals surface area contributed by atoms with Gasteiger partial charge in [-0.25, -0.2) is 19.0 Å². The van der Waals surface area contributed by atoms with Gasteiger partial charge in [-0.15, -0.1) is 0 Å². The van der Waals surface area contributed by atoms with E-state index >= 15 is 4.39 Å². The summed E-state index contributed by atoms with van der Waals surface area (Å²) in [4.78, 5) is 35.6. The maximum absolute atomic E-state index is 15.7. The molecule has 0 amide bonds. The molecule has 1 saturated heterocycles. The van der Waals surface area contributed by atoms with Crippen molar-refractivity contribution in [3.63, 3.8) is 0 Å². The second kappa shape index (κ2) is 18.0. The number of hydrogen-bond acceptors (Lipinski definition) is 10. The van der Waals surface area contributed by atoms with Gasteiger partial charge in [0.15, 0.2) is 5.67 Å². The van der Waals surface area contributed by atoms with Crippen molar-refractivity contribution in [1.29, 1.82) is 0 Å². The van der Waals surface area contributed by atoms with E-state index in [1.165, 1.54) is 42.5 Å². The Morgan fingerprint density at radius 2 is 1.65 bits per heavy atom. The molecule has 1 saturated carbocycles. The van der Waals surface area contributed by atoms with Crippen molar-refractivity contribution in [3.8, 4) is 28.1 Å². The number of ether oxygens (including phenoxy) is 5. The van der Waals surface area contributed by atoms with Gasteiger partial charge >= 0.3 is 11.9 Å². The number of nitrogens with zero attached hydrogens (tertiary/aromatic N) is 3. The highest BCUT2D eigenvalue weighted by Gasteiger charge is 2.33. The molecule has 1 aliphatic heterocycles. The Morgan fingerprint density at radius 1 is 0.877 bits per heavy atom. The van der Waals surface area contributed by atoms with E-state index in [0.717, 1.165) is 42.5 Å². The van der Waals surface area contributed by atoms with E-state index < -0.39 is 17.6 Å². The Morgan fingerprint density at radius 3 is 2.39 bits per heavy atom. The average molecular weight is 778 g/mol. The maximum atomic E-state index is 15.7. The fourth-order valence-corrected chi connectivity index (χ4v) is 8.05. The van der Waals surface area contributed by atoms with Crippen molar-refractivity contribution in [3.05, 3.63) is 108 Å². The molecule has 0 radical (unpaired) electrons. The van der Waals surface area contributed by atoms with Crippen LogP contribution in [0.4, 0.5) is 10.1 Å². The van der Waals surface area contributed by atoms with Crippen molar-refractivity contribution < 1.29 is 37.7 Å². The highest BCUT2D eigenvalue weighted by atomic mass is 19.1. The lowest BCUT2D eigenvalue weighted by Crippen LogP contribution is -2.40. The molecule has 0 bridgehead atoms. The second-order valence-corrected chi connectivity index (χ2v) is 15.4. The van der Waals surface area contributed by atoms with Crippen LogP contribution in [0.25, 0.3) is 22.3 Å². The minimum atomic E-state index is -1.65. The second-order valence-electron chi connectivity index (χ2n) is 15.4. The van der Waals surface area contributed by atoms with Crippen LogP contribution in [-0.2, 0) is 25.4 Å². The standard InChI is InChI=1S/C46H52FN3O7/c1-5-46(47,29-56-35-16-20-50(21-17-35)34-11-13-40(44(51)53-3)41(24-34)45(52)54-4)18-6-22-55-36-25-37(26-36)57-43-14-10-33(27-49-43)31-9-12-39-32(23-31)8-7-30(2)38-15-19-48-28-42(38)39/h5,9-15,19,23-24,27-28,30,35-37H,1,6-8,16-18,20-22,25-26,29H2,2-4H3/t30?,36-,37-,46?. The molecule has 2 aromatic heterocycles. The van der Waals surface area contributed by atoms with Crippen LogP contribution in [0.15, 0.2) is 85.8 Å². The van der Waals surface area contributed by atoms with Gasteiger partial charge in [-0.05, 0) is 97.0 Å². The van der Waals surface area contributed by atoms with Gasteiger partial charge < -0.3 is 28.6 Å². The molecule has 2 aromatic carbocycles. The minimum absolute atomic E-state index is 0.0406. The van der Waals surface area contributed by atoms with Gasteiger partial charge in [0.05, 0.1) is 44.2 Å². The summed E-state index contributed by atoms with van der Waals surface area (Å²) in [7, 11) is 2.54. The monoisotopic (exact) mass is 777 g/mol. The Bertz CT molecular complexity index is 2040. The predicted molar refractivity (Wildman–Crippen MR) is 217 cm³/mol. The number of aryl methyl sites for hydroxylation is 1. The van der Waals surface area contributed by atoms with E-state index in [1.807, 2.05) is 24.7 Å². The van der Waals surface area contributed by atoms with Crippen molar-refractivity contribution in [2.45, 2.75) is 88.2 Å². The Labute approximate surface area is 334 Å². The van der Waals surface area contributed by atoms with Crippen LogP contribution in [0.1, 0.15) is 89.6 Å². The normalized spacial score (nSPS) is 20.2. The summed E-state index contributed by atoms with van der Waals surface area (Å²) >= 11 is 0. The molecule has 0 N–H and O–H groups in total. The molecule has 2 fully saturated rings. The number of fused-ring (bicyclic) bond motifs is 3. The van der Waals surface area contributed by atoms with Crippen LogP contribution in [0.5, 0.6) is 5.88 Å². The number of hydrogen-bond donors (Lipinski definition) is 0. The van der Waals surface area contributed by atoms with Gasteiger partial charge in [0.25, 0.3) is 0 Å². The van der Waals surface area contributed by atoms with Gasteiger partial charge in [-0.1, -0.05) is 37.8 Å². The summed E-state index contributed by atoms with van der Waals surface area (Å²) in [6.07, 6.45) is 13.0. The van der Waals surface area contributed by atoms with E-state index in [0.29, 0.717) is 50.8 Å². The fourth-order valence-electron chi connectivity index (χ4n) is 8.05. The lowest BCUT2D eigenvalue weighted by molar-refractivity contribution is -0.0672. The third-order valence-electron chi connectivity index (χ3n) is 11.7. The first-order valence-electron chi connectivity index (χ1n) is 20.0. The number of anilines is 1. The SMILES string of the molecule is C=CC(F)(CCCO[C@H]1C[C@H](Oc2ccc(-c3ccc4c(c3)CCC(C)c3ccncc3-4)cn2)C1)COC1CCN(c2ccc(C(=O)OC)c(C(=O)OC)c2)CC1. The zero-order valence-electron chi connectivity index (χ0n) is 33.1. The van der Waals surface area contributed by atoms with Gasteiger partial charge in [0, 0.05) is 74.0 Å². The average Bonchev–Trinajstić information content (AvgIpc) is 3.38. The minimum Gasteiger partial charge on any atom is -0.474 e. The van der Waals surface area contributed by atoms with Crippen LogP contribution in [0, 0.1) is 0 Å². The molecule has 2 aliphatic carbocycles. The summed E-state index contributed by atoms with van der Waals surface area (Å²) in [6, 6.07) is 17.8. The van der Waals surface area contributed by atoms with Crippen LogP contribution < -0.4 is 9.64 Å². The van der Waals surface area contributed by atoms with Gasteiger partial charge in [0.2, 0.25) is 5.88 Å². The van der Waals surface area contributed by atoms with Crippen LogP contribution in [-0.4, -0.2) is 86.4 Å². The number of benzene rings is 2. The molecule has 2 unspecified atom stereocenters. The summed E-state index contributed by atoms with van der Waals surface area (Å²) in [5.41, 5.74) is 6.86. The van der Waals surface area contributed by atoms with Gasteiger partial charge in [0.1, 0.15) is 6.10 Å². The molecule has 300 valence electrons. The molecule has 11 heteroatoms. The number of pyridine rings is 2. The van der Waals surface area contributed by atoms with Crippen LogP contribution >= 0.6 is 0 Å². The lowest BCUT2D eigenvalue weighted by atomic mass is 9.92. The van der Waals surface area contributed by atoms with E-state index in [4.69, 9.17) is 23.7 Å². The number of aromatic nitrogens is 2. The zero-order chi connectivity index (χ0) is 39.9. The number of methoxy groups -OCH3 is 2. The smallest absolute Gasteiger partial charge is 0.338 e. The predicted octanol–water partition coefficient (Wildman–Crippen LogP) is 8.72. The van der Waals surface area contributed by atoms with Crippen LogP contribution in [0.2, 0.25) is 0 Å². The number of rotatable bonds is 15. The molecule has 0 spiro atoms. The first kappa shape index (κ1) is 40.1. The third-order valence-corrected chi connectivity index (χ3v) is 11.7. The van der Waals surface area contributed by atoms with Crippen molar-refractivity contribution in [2.24, 2.45) is 0 Å². The van der Waals surface area contributed by atoms with E-state index in [1.54, 1.807) is 18.2 Å². The van der Waals surface area contributed by atoms with E-state index in [9.17, 15) is 9.59 Å². The van der Waals surface area contributed by atoms with Crippen molar-refractivity contribution in [1.82, 2.24) is 9.97 Å². The first-order chi connectivity index (χ1) is 27.7. The maximum Gasteiger partial charge on any atom is 0.338 e. The number of piperidine rings is 1. The number of halogens is 1. The lowest BCUT2D eigenvalue weighted by Gasteiger charge is -2.35. The van der Waals surface area contributed by atoms with E-state index in [-0.39, 0.29) is 42.5 Å². The molecular formula is C46H52FN3O7. The Kier molecular flexibility index (Phi) is 12.6. The Hall–Kier alpha value is -5.13. The van der Waals surface area contributed by atoms with Crippen LogP contribution in [0.3, 0.4) is 0 Å². The zero-order valence-corrected chi connectivity index (χ0v) is 33.1. The summed E-state index contributed by atoms with van der Waals surface area (Å²) in [5, 5.41) is 0. The van der Waals surface area contributed by atoms with Crippen molar-refractivity contribution in [2.75, 3.05) is 45.4 Å². The highest BCUT2D eigenvalue weighted by Crippen LogP contribution is 2.39. The molecule has 2 atom stereocenters. The molecule has 3 heterocycles. The number of carbonyl (C=O) groups is 2. The number of carbonyl (C=O) groups excluding carboxylic acids is 2.